The van der Waals surface area contributed by atoms with Gasteiger partial charge in [-0.2, -0.15) is 0 Å². The van der Waals surface area contributed by atoms with E-state index >= 15 is 0 Å². The van der Waals surface area contributed by atoms with E-state index in [1.807, 2.05) is 19.9 Å². The van der Waals surface area contributed by atoms with Gasteiger partial charge in [0.15, 0.2) is 0 Å². The van der Waals surface area contributed by atoms with Crippen LogP contribution in [-0.2, 0) is 9.59 Å². The quantitative estimate of drug-likeness (QED) is 0.493. The minimum Gasteiger partial charge on any atom is -0.376 e. The third-order valence-corrected chi connectivity index (χ3v) is 5.46. The molecule has 3 amide bonds. The van der Waals surface area contributed by atoms with Crippen LogP contribution in [0, 0.1) is 5.92 Å². The molecule has 4 N–H and O–H groups in total. The molecule has 0 heterocycles. The van der Waals surface area contributed by atoms with Crippen molar-refractivity contribution in [2.75, 3.05) is 22.5 Å². The first kappa shape index (κ1) is 23.3. The number of anilines is 3. The van der Waals surface area contributed by atoms with Crippen LogP contribution >= 0.6 is 0 Å². The van der Waals surface area contributed by atoms with Crippen LogP contribution in [0.4, 0.5) is 17.1 Å². The molecule has 1 aliphatic carbocycles. The van der Waals surface area contributed by atoms with Crippen molar-refractivity contribution in [1.82, 2.24) is 5.32 Å². The van der Waals surface area contributed by atoms with Crippen molar-refractivity contribution < 1.29 is 14.4 Å². The van der Waals surface area contributed by atoms with E-state index in [-0.39, 0.29) is 36.2 Å². The normalized spacial score (nSPS) is 14.0. The van der Waals surface area contributed by atoms with Crippen LogP contribution in [0.15, 0.2) is 48.5 Å². The molecule has 1 saturated carbocycles. The van der Waals surface area contributed by atoms with Crippen molar-refractivity contribution in [1.29, 1.82) is 0 Å². The molecule has 3 rings (SSSR count). The standard InChI is InChI=1S/C25H32N4O3/c1-17(2)24(31)29-22-13-7-12-21(15-22)27-23(30)16-26-20-11-6-8-18(14-20)25(32)28-19-9-4-3-5-10-19/h6-8,11-15,17,19,26H,3-5,9-10,16H2,1-2H3,(H,27,30)(H,28,32)(H,29,31). The van der Waals surface area contributed by atoms with Crippen molar-refractivity contribution in [2.45, 2.75) is 52.0 Å². The molecule has 1 aliphatic rings. The molecule has 0 bridgehead atoms. The van der Waals surface area contributed by atoms with Gasteiger partial charge in [-0.1, -0.05) is 45.2 Å². The number of hydrogen-bond acceptors (Lipinski definition) is 4. The van der Waals surface area contributed by atoms with Gasteiger partial charge in [-0.15, -0.1) is 0 Å². The zero-order valence-corrected chi connectivity index (χ0v) is 18.7. The predicted octanol–water partition coefficient (Wildman–Crippen LogP) is 4.39. The van der Waals surface area contributed by atoms with Crippen LogP contribution in [0.5, 0.6) is 0 Å². The molecule has 1 fully saturated rings. The summed E-state index contributed by atoms with van der Waals surface area (Å²) >= 11 is 0. The number of rotatable bonds is 8. The van der Waals surface area contributed by atoms with E-state index in [1.54, 1.807) is 42.5 Å². The summed E-state index contributed by atoms with van der Waals surface area (Å²) < 4.78 is 0. The maximum atomic E-state index is 12.5. The smallest absolute Gasteiger partial charge is 0.251 e. The molecule has 7 nitrogen and oxygen atoms in total. The zero-order chi connectivity index (χ0) is 22.9. The number of carbonyl (C=O) groups excluding carboxylic acids is 3. The van der Waals surface area contributed by atoms with E-state index in [0.29, 0.717) is 22.6 Å². The molecule has 0 aromatic heterocycles. The van der Waals surface area contributed by atoms with Gasteiger partial charge in [0.25, 0.3) is 5.91 Å². The lowest BCUT2D eigenvalue weighted by atomic mass is 9.95. The maximum absolute atomic E-state index is 12.5. The summed E-state index contributed by atoms with van der Waals surface area (Å²) in [5.41, 5.74) is 2.51. The third-order valence-electron chi connectivity index (χ3n) is 5.46. The molecule has 7 heteroatoms. The van der Waals surface area contributed by atoms with Gasteiger partial charge in [0, 0.05) is 34.6 Å². The molecule has 2 aromatic rings. The summed E-state index contributed by atoms with van der Waals surface area (Å²) in [6.45, 7) is 3.69. The maximum Gasteiger partial charge on any atom is 0.251 e. The Labute approximate surface area is 189 Å². The average Bonchev–Trinajstić information content (AvgIpc) is 2.79. The molecule has 0 spiro atoms. The fourth-order valence-corrected chi connectivity index (χ4v) is 3.63. The summed E-state index contributed by atoms with van der Waals surface area (Å²) in [7, 11) is 0. The Morgan fingerprint density at radius 2 is 1.53 bits per heavy atom. The zero-order valence-electron chi connectivity index (χ0n) is 18.7. The Bertz CT molecular complexity index is 952. The van der Waals surface area contributed by atoms with Gasteiger partial charge < -0.3 is 21.3 Å². The van der Waals surface area contributed by atoms with Crippen molar-refractivity contribution in [3.05, 3.63) is 54.1 Å². The summed E-state index contributed by atoms with van der Waals surface area (Å²) in [5.74, 6) is -0.514. The van der Waals surface area contributed by atoms with E-state index in [4.69, 9.17) is 0 Å². The van der Waals surface area contributed by atoms with Gasteiger partial charge >= 0.3 is 0 Å². The van der Waals surface area contributed by atoms with Gasteiger partial charge in [-0.05, 0) is 49.2 Å². The summed E-state index contributed by atoms with van der Waals surface area (Å²) in [6.07, 6.45) is 5.63. The van der Waals surface area contributed by atoms with Crippen LogP contribution < -0.4 is 21.3 Å². The minimum absolute atomic E-state index is 0.0519. The first-order valence-electron chi connectivity index (χ1n) is 11.3. The van der Waals surface area contributed by atoms with E-state index in [2.05, 4.69) is 21.3 Å². The van der Waals surface area contributed by atoms with Crippen LogP contribution in [-0.4, -0.2) is 30.3 Å². The Morgan fingerprint density at radius 1 is 0.875 bits per heavy atom. The predicted molar refractivity (Wildman–Crippen MR) is 128 cm³/mol. The lowest BCUT2D eigenvalue weighted by molar-refractivity contribution is -0.119. The molecule has 0 aliphatic heterocycles. The number of carbonyl (C=O) groups is 3. The molecular formula is C25H32N4O3. The molecule has 32 heavy (non-hydrogen) atoms. The van der Waals surface area contributed by atoms with Gasteiger partial charge in [-0.25, -0.2) is 0 Å². The molecule has 0 saturated heterocycles. The molecule has 0 atom stereocenters. The highest BCUT2D eigenvalue weighted by molar-refractivity contribution is 5.97. The van der Waals surface area contributed by atoms with Crippen molar-refractivity contribution in [3.8, 4) is 0 Å². The third kappa shape index (κ3) is 7.11. The van der Waals surface area contributed by atoms with E-state index in [1.165, 1.54) is 6.42 Å². The second-order valence-corrected chi connectivity index (χ2v) is 8.52. The second-order valence-electron chi connectivity index (χ2n) is 8.52. The Kier molecular flexibility index (Phi) is 8.25. The van der Waals surface area contributed by atoms with Gasteiger partial charge in [0.2, 0.25) is 11.8 Å². The molecule has 0 unspecified atom stereocenters. The highest BCUT2D eigenvalue weighted by Crippen LogP contribution is 2.19. The Hall–Kier alpha value is -3.35. The summed E-state index contributed by atoms with van der Waals surface area (Å²) in [4.78, 5) is 36.8. The molecule has 170 valence electrons. The second kappa shape index (κ2) is 11.3. The highest BCUT2D eigenvalue weighted by Gasteiger charge is 2.17. The van der Waals surface area contributed by atoms with Gasteiger partial charge in [0.05, 0.1) is 6.54 Å². The van der Waals surface area contributed by atoms with Crippen LogP contribution in [0.3, 0.4) is 0 Å². The minimum atomic E-state index is -0.227. The Balaban J connectivity index is 1.51. The number of benzene rings is 2. The number of amides is 3. The molecular weight excluding hydrogens is 404 g/mol. The van der Waals surface area contributed by atoms with E-state index in [9.17, 15) is 14.4 Å². The van der Waals surface area contributed by atoms with Crippen molar-refractivity contribution in [3.63, 3.8) is 0 Å². The number of hydrogen-bond donors (Lipinski definition) is 4. The molecule has 2 aromatic carbocycles. The molecule has 0 radical (unpaired) electrons. The monoisotopic (exact) mass is 436 g/mol. The highest BCUT2D eigenvalue weighted by atomic mass is 16.2. The lowest BCUT2D eigenvalue weighted by Crippen LogP contribution is -2.36. The van der Waals surface area contributed by atoms with E-state index in [0.717, 1.165) is 25.7 Å². The van der Waals surface area contributed by atoms with Crippen LogP contribution in [0.1, 0.15) is 56.3 Å². The van der Waals surface area contributed by atoms with Crippen molar-refractivity contribution >= 4 is 34.8 Å². The summed E-state index contributed by atoms with van der Waals surface area (Å²) in [6, 6.07) is 14.4. The fourth-order valence-electron chi connectivity index (χ4n) is 3.63. The number of nitrogens with one attached hydrogen (secondary N) is 4. The lowest BCUT2D eigenvalue weighted by Gasteiger charge is -2.22. The van der Waals surface area contributed by atoms with Crippen LogP contribution in [0.25, 0.3) is 0 Å². The van der Waals surface area contributed by atoms with Gasteiger partial charge in [0.1, 0.15) is 0 Å². The topological polar surface area (TPSA) is 99.3 Å². The van der Waals surface area contributed by atoms with E-state index < -0.39 is 0 Å². The van der Waals surface area contributed by atoms with Crippen LogP contribution in [0.2, 0.25) is 0 Å². The fraction of sp³-hybridized carbons (Fsp3) is 0.400. The summed E-state index contributed by atoms with van der Waals surface area (Å²) in [5, 5.41) is 11.8. The first-order valence-corrected chi connectivity index (χ1v) is 11.3. The Morgan fingerprint density at radius 3 is 2.25 bits per heavy atom. The van der Waals surface area contributed by atoms with Gasteiger partial charge in [-0.3, -0.25) is 14.4 Å². The average molecular weight is 437 g/mol. The largest absolute Gasteiger partial charge is 0.376 e. The first-order chi connectivity index (χ1) is 15.4. The van der Waals surface area contributed by atoms with Crippen molar-refractivity contribution in [2.24, 2.45) is 5.92 Å². The SMILES string of the molecule is CC(C)C(=O)Nc1cccc(NC(=O)CNc2cccc(C(=O)NC3CCCCC3)c2)c1.